The highest BCUT2D eigenvalue weighted by atomic mass is 79.9. The number of benzene rings is 1. The highest BCUT2D eigenvalue weighted by molar-refractivity contribution is 9.10. The predicted molar refractivity (Wildman–Crippen MR) is 80.8 cm³/mol. The minimum atomic E-state index is -0.708. The lowest BCUT2D eigenvalue weighted by atomic mass is 10.3. The molecule has 0 aliphatic heterocycles. The maximum Gasteiger partial charge on any atom is 0.358 e. The van der Waals surface area contributed by atoms with Gasteiger partial charge in [0.2, 0.25) is 0 Å². The van der Waals surface area contributed by atoms with Crippen LogP contribution in [-0.4, -0.2) is 23.8 Å². The van der Waals surface area contributed by atoms with Gasteiger partial charge in [0.1, 0.15) is 10.7 Å². The molecule has 21 heavy (non-hydrogen) atoms. The fourth-order valence-corrected chi connectivity index (χ4v) is 2.75. The van der Waals surface area contributed by atoms with Crippen molar-refractivity contribution < 1.29 is 18.7 Å². The van der Waals surface area contributed by atoms with Gasteiger partial charge in [0.15, 0.2) is 16.6 Å². The lowest BCUT2D eigenvalue weighted by Crippen LogP contribution is -2.07. The second kappa shape index (κ2) is 6.31. The molecule has 0 aliphatic rings. The SMILES string of the molecule is COC(=O)c1nc(Nc2ccc(Br)cc2F)sc1C(C)=O. The number of halogens is 2. The first-order valence-corrected chi connectivity index (χ1v) is 7.35. The average Bonchev–Trinajstić information content (AvgIpc) is 2.85. The Morgan fingerprint density at radius 2 is 2.14 bits per heavy atom. The first-order valence-electron chi connectivity index (χ1n) is 5.74. The molecule has 110 valence electrons. The largest absolute Gasteiger partial charge is 0.464 e. The van der Waals surface area contributed by atoms with Crippen LogP contribution in [-0.2, 0) is 4.74 Å². The molecule has 1 aromatic heterocycles. The van der Waals surface area contributed by atoms with Crippen LogP contribution in [0.2, 0.25) is 0 Å². The third-order valence-electron chi connectivity index (χ3n) is 2.50. The van der Waals surface area contributed by atoms with Crippen molar-refractivity contribution in [1.82, 2.24) is 4.98 Å². The first kappa shape index (κ1) is 15.6. The van der Waals surface area contributed by atoms with E-state index in [1.165, 1.54) is 26.2 Å². The minimum Gasteiger partial charge on any atom is -0.464 e. The van der Waals surface area contributed by atoms with Crippen LogP contribution in [0, 0.1) is 5.82 Å². The summed E-state index contributed by atoms with van der Waals surface area (Å²) >= 11 is 4.13. The molecule has 2 rings (SSSR count). The van der Waals surface area contributed by atoms with E-state index in [2.05, 4.69) is 31.0 Å². The lowest BCUT2D eigenvalue weighted by molar-refractivity contribution is 0.0591. The van der Waals surface area contributed by atoms with E-state index in [9.17, 15) is 14.0 Å². The zero-order chi connectivity index (χ0) is 15.6. The number of ketones is 1. The Hall–Kier alpha value is -1.80. The van der Waals surface area contributed by atoms with Crippen LogP contribution in [0.3, 0.4) is 0 Å². The summed E-state index contributed by atoms with van der Waals surface area (Å²) in [6, 6.07) is 4.47. The van der Waals surface area contributed by atoms with Crippen molar-refractivity contribution in [3.05, 3.63) is 39.1 Å². The normalized spacial score (nSPS) is 10.3. The van der Waals surface area contributed by atoms with Crippen molar-refractivity contribution in [2.24, 2.45) is 0 Å². The highest BCUT2D eigenvalue weighted by Gasteiger charge is 2.22. The summed E-state index contributed by atoms with van der Waals surface area (Å²) in [5.41, 5.74) is 0.119. The van der Waals surface area contributed by atoms with Crippen LogP contribution in [0.5, 0.6) is 0 Å². The summed E-state index contributed by atoms with van der Waals surface area (Å²) in [6.07, 6.45) is 0. The van der Waals surface area contributed by atoms with Crippen LogP contribution in [0.15, 0.2) is 22.7 Å². The molecule has 1 aromatic carbocycles. The average molecular weight is 373 g/mol. The predicted octanol–water partition coefficient (Wildman–Crippen LogP) is 3.78. The third-order valence-corrected chi connectivity index (χ3v) is 4.06. The van der Waals surface area contributed by atoms with E-state index >= 15 is 0 Å². The molecule has 0 fully saturated rings. The summed E-state index contributed by atoms with van der Waals surface area (Å²) in [5.74, 6) is -1.50. The quantitative estimate of drug-likeness (QED) is 0.653. The molecular formula is C13H10BrFN2O3S. The molecule has 1 heterocycles. The zero-order valence-corrected chi connectivity index (χ0v) is 13.5. The maximum atomic E-state index is 13.8. The fraction of sp³-hybridized carbons (Fsp3) is 0.154. The molecule has 0 bridgehead atoms. The van der Waals surface area contributed by atoms with E-state index in [1.54, 1.807) is 6.07 Å². The Kier molecular flexibility index (Phi) is 4.69. The number of ether oxygens (including phenoxy) is 1. The summed E-state index contributed by atoms with van der Waals surface area (Å²) in [6.45, 7) is 1.32. The fourth-order valence-electron chi connectivity index (χ4n) is 1.55. The topological polar surface area (TPSA) is 68.3 Å². The lowest BCUT2D eigenvalue weighted by Gasteiger charge is -2.03. The van der Waals surface area contributed by atoms with E-state index in [-0.39, 0.29) is 27.2 Å². The van der Waals surface area contributed by atoms with Crippen LogP contribution in [0.4, 0.5) is 15.2 Å². The number of carbonyl (C=O) groups excluding carboxylic acids is 2. The van der Waals surface area contributed by atoms with Crippen molar-refractivity contribution in [2.75, 3.05) is 12.4 Å². The maximum absolute atomic E-state index is 13.8. The second-order valence-corrected chi connectivity index (χ2v) is 5.91. The third kappa shape index (κ3) is 3.45. The van der Waals surface area contributed by atoms with Gasteiger partial charge in [-0.15, -0.1) is 0 Å². The van der Waals surface area contributed by atoms with Crippen molar-refractivity contribution in [2.45, 2.75) is 6.92 Å². The van der Waals surface area contributed by atoms with Gasteiger partial charge in [-0.2, -0.15) is 0 Å². The number of anilines is 2. The van der Waals surface area contributed by atoms with E-state index in [4.69, 9.17) is 0 Å². The molecule has 0 aliphatic carbocycles. The summed E-state index contributed by atoms with van der Waals surface area (Å²) < 4.78 is 18.9. The van der Waals surface area contributed by atoms with Gasteiger partial charge in [0.05, 0.1) is 12.8 Å². The number of carbonyl (C=O) groups is 2. The van der Waals surface area contributed by atoms with Crippen molar-refractivity contribution in [3.8, 4) is 0 Å². The van der Waals surface area contributed by atoms with Gasteiger partial charge in [0, 0.05) is 11.4 Å². The van der Waals surface area contributed by atoms with Gasteiger partial charge in [-0.3, -0.25) is 4.79 Å². The molecular weight excluding hydrogens is 363 g/mol. The summed E-state index contributed by atoms with van der Waals surface area (Å²) in [7, 11) is 1.20. The second-order valence-electron chi connectivity index (χ2n) is 3.99. The Balaban J connectivity index is 2.37. The summed E-state index contributed by atoms with van der Waals surface area (Å²) in [5, 5.41) is 2.98. The van der Waals surface area contributed by atoms with E-state index < -0.39 is 11.8 Å². The standard InChI is InChI=1S/C13H10BrFN2O3S/c1-6(18)11-10(12(19)20-2)17-13(21-11)16-9-4-3-7(14)5-8(9)15/h3-5H,1-2H3,(H,16,17). The molecule has 8 heteroatoms. The number of nitrogens with zero attached hydrogens (tertiary/aromatic N) is 1. The monoisotopic (exact) mass is 372 g/mol. The smallest absolute Gasteiger partial charge is 0.358 e. The number of hydrogen-bond acceptors (Lipinski definition) is 6. The molecule has 0 amide bonds. The molecule has 5 nitrogen and oxygen atoms in total. The zero-order valence-electron chi connectivity index (χ0n) is 11.1. The Labute approximate surface area is 132 Å². The molecule has 0 saturated heterocycles. The van der Waals surface area contributed by atoms with Gasteiger partial charge in [-0.05, 0) is 18.2 Å². The van der Waals surface area contributed by atoms with Crippen molar-refractivity contribution in [1.29, 1.82) is 0 Å². The molecule has 1 N–H and O–H groups in total. The molecule has 0 spiro atoms. The molecule has 2 aromatic rings. The van der Waals surface area contributed by atoms with Crippen LogP contribution in [0.25, 0.3) is 0 Å². The first-order chi connectivity index (χ1) is 9.92. The van der Waals surface area contributed by atoms with Gasteiger partial charge in [0.25, 0.3) is 0 Å². The highest BCUT2D eigenvalue weighted by Crippen LogP contribution is 2.29. The van der Waals surface area contributed by atoms with Crippen LogP contribution >= 0.6 is 27.3 Å². The molecule has 0 atom stereocenters. The number of thiazole rings is 1. The molecule has 0 saturated carbocycles. The number of rotatable bonds is 4. The molecule has 0 unspecified atom stereocenters. The van der Waals surface area contributed by atoms with Gasteiger partial charge in [-0.1, -0.05) is 27.3 Å². The van der Waals surface area contributed by atoms with E-state index in [0.29, 0.717) is 4.47 Å². The van der Waals surface area contributed by atoms with Crippen LogP contribution < -0.4 is 5.32 Å². The van der Waals surface area contributed by atoms with E-state index in [1.807, 2.05) is 0 Å². The Morgan fingerprint density at radius 1 is 1.43 bits per heavy atom. The number of aromatic nitrogens is 1. The van der Waals surface area contributed by atoms with Crippen LogP contribution in [0.1, 0.15) is 27.1 Å². The number of methoxy groups -OCH3 is 1. The van der Waals surface area contributed by atoms with Gasteiger partial charge < -0.3 is 10.1 Å². The van der Waals surface area contributed by atoms with Gasteiger partial charge in [-0.25, -0.2) is 14.2 Å². The number of esters is 1. The summed E-state index contributed by atoms with van der Waals surface area (Å²) in [4.78, 5) is 27.3. The number of nitrogens with one attached hydrogen (secondary N) is 1. The van der Waals surface area contributed by atoms with Gasteiger partial charge >= 0.3 is 5.97 Å². The molecule has 0 radical (unpaired) electrons. The minimum absolute atomic E-state index is 0.0741. The van der Waals surface area contributed by atoms with Crippen molar-refractivity contribution in [3.63, 3.8) is 0 Å². The Bertz CT molecular complexity index is 717. The van der Waals surface area contributed by atoms with E-state index in [0.717, 1.165) is 11.3 Å². The number of hydrogen-bond donors (Lipinski definition) is 1. The Morgan fingerprint density at radius 3 is 2.71 bits per heavy atom. The van der Waals surface area contributed by atoms with Crippen molar-refractivity contribution >= 4 is 49.8 Å². The number of Topliss-reactive ketones (excluding diaryl/α,β-unsaturated/α-hetero) is 1.